The summed E-state index contributed by atoms with van der Waals surface area (Å²) in [6, 6.07) is 10.4. The molecule has 1 aromatic carbocycles. The second-order valence-electron chi connectivity index (χ2n) is 3.21. The van der Waals surface area contributed by atoms with E-state index in [1.165, 1.54) is 5.56 Å². The Labute approximate surface area is 88.4 Å². The summed E-state index contributed by atoms with van der Waals surface area (Å²) in [5.74, 6) is 1.82. The Bertz CT molecular complexity index is 323. The van der Waals surface area contributed by atoms with Crippen molar-refractivity contribution in [1.29, 1.82) is 0 Å². The first-order chi connectivity index (χ1) is 6.84. The highest BCUT2D eigenvalue weighted by atomic mass is 32.2. The van der Waals surface area contributed by atoms with Crippen LogP contribution in [-0.4, -0.2) is 17.9 Å². The summed E-state index contributed by atoms with van der Waals surface area (Å²) in [6.45, 7) is 2.63. The molecular formula is C11H13NOS. The van der Waals surface area contributed by atoms with Gasteiger partial charge in [-0.3, -0.25) is 0 Å². The van der Waals surface area contributed by atoms with Crippen LogP contribution < -0.4 is 0 Å². The molecule has 1 aliphatic rings. The number of hydrogen-bond donors (Lipinski definition) is 0. The number of thioether (sulfide) groups is 1. The first-order valence-electron chi connectivity index (χ1n) is 4.67. The first-order valence-corrected chi connectivity index (χ1v) is 5.72. The number of nitrogens with zero attached hydrogens (tertiary/aromatic N) is 1. The number of hydrogen-bond acceptors (Lipinski definition) is 3. The minimum atomic E-state index is 0.287. The van der Waals surface area contributed by atoms with E-state index in [0.717, 1.165) is 18.3 Å². The molecule has 0 saturated carbocycles. The zero-order valence-electron chi connectivity index (χ0n) is 8.14. The van der Waals surface area contributed by atoms with Gasteiger partial charge in [0.25, 0.3) is 0 Å². The average molecular weight is 207 g/mol. The normalized spacial score (nSPS) is 20.4. The van der Waals surface area contributed by atoms with Gasteiger partial charge < -0.3 is 4.74 Å². The second-order valence-corrected chi connectivity index (χ2v) is 4.38. The predicted octanol–water partition coefficient (Wildman–Crippen LogP) is 2.69. The van der Waals surface area contributed by atoms with Gasteiger partial charge in [0.15, 0.2) is 5.90 Å². The summed E-state index contributed by atoms with van der Waals surface area (Å²) in [7, 11) is 0. The Kier molecular flexibility index (Phi) is 3.09. The quantitative estimate of drug-likeness (QED) is 0.760. The minimum absolute atomic E-state index is 0.287. The third-order valence-corrected chi connectivity index (χ3v) is 3.17. The SMILES string of the molecule is CC1=NC(SCc2ccccc2)CO1. The molecule has 1 unspecified atom stereocenters. The van der Waals surface area contributed by atoms with Crippen molar-refractivity contribution in [2.24, 2.45) is 4.99 Å². The van der Waals surface area contributed by atoms with Crippen LogP contribution in [0.25, 0.3) is 0 Å². The zero-order valence-corrected chi connectivity index (χ0v) is 8.96. The maximum Gasteiger partial charge on any atom is 0.181 e. The van der Waals surface area contributed by atoms with Crippen molar-refractivity contribution < 1.29 is 4.74 Å². The molecule has 0 radical (unpaired) electrons. The lowest BCUT2D eigenvalue weighted by Gasteiger charge is -2.04. The van der Waals surface area contributed by atoms with Crippen LogP contribution in [0.15, 0.2) is 35.3 Å². The van der Waals surface area contributed by atoms with E-state index in [2.05, 4.69) is 29.3 Å². The number of aliphatic imine (C=N–C) groups is 1. The van der Waals surface area contributed by atoms with Gasteiger partial charge in [0.1, 0.15) is 12.0 Å². The Hall–Kier alpha value is -0.960. The van der Waals surface area contributed by atoms with Gasteiger partial charge in [-0.05, 0) is 5.56 Å². The Balaban J connectivity index is 1.84. The van der Waals surface area contributed by atoms with Crippen molar-refractivity contribution in [2.45, 2.75) is 18.1 Å². The van der Waals surface area contributed by atoms with E-state index in [0.29, 0.717) is 0 Å². The fourth-order valence-electron chi connectivity index (χ4n) is 1.32. The average Bonchev–Trinajstić information content (AvgIpc) is 2.63. The number of benzene rings is 1. The zero-order chi connectivity index (χ0) is 9.80. The molecule has 0 aromatic heterocycles. The van der Waals surface area contributed by atoms with Crippen molar-refractivity contribution in [2.75, 3.05) is 6.61 Å². The predicted molar refractivity (Wildman–Crippen MR) is 60.6 cm³/mol. The molecule has 0 N–H and O–H groups in total. The van der Waals surface area contributed by atoms with Crippen LogP contribution in [0.3, 0.4) is 0 Å². The fraction of sp³-hybridized carbons (Fsp3) is 0.364. The second kappa shape index (κ2) is 4.51. The van der Waals surface area contributed by atoms with E-state index in [1.807, 2.05) is 24.8 Å². The molecular weight excluding hydrogens is 194 g/mol. The molecule has 1 atom stereocenters. The fourth-order valence-corrected chi connectivity index (χ4v) is 2.29. The standard InChI is InChI=1S/C11H13NOS/c1-9-12-11(7-13-9)14-8-10-5-3-2-4-6-10/h2-6,11H,7-8H2,1H3. The third-order valence-electron chi connectivity index (χ3n) is 2.05. The molecule has 1 heterocycles. The van der Waals surface area contributed by atoms with Crippen LogP contribution in [0, 0.1) is 0 Å². The summed E-state index contributed by atoms with van der Waals surface area (Å²) < 4.78 is 5.28. The van der Waals surface area contributed by atoms with Gasteiger partial charge in [0.05, 0.1) is 0 Å². The molecule has 1 aliphatic heterocycles. The molecule has 0 bridgehead atoms. The maximum atomic E-state index is 5.28. The van der Waals surface area contributed by atoms with E-state index in [4.69, 9.17) is 4.74 Å². The van der Waals surface area contributed by atoms with Gasteiger partial charge in [0, 0.05) is 12.7 Å². The molecule has 1 aromatic rings. The lowest BCUT2D eigenvalue weighted by atomic mass is 10.2. The molecule has 0 saturated heterocycles. The van der Waals surface area contributed by atoms with Gasteiger partial charge in [-0.2, -0.15) is 0 Å². The van der Waals surface area contributed by atoms with Crippen LogP contribution in [0.2, 0.25) is 0 Å². The van der Waals surface area contributed by atoms with Crippen molar-refractivity contribution in [3.05, 3.63) is 35.9 Å². The summed E-state index contributed by atoms with van der Waals surface area (Å²) in [6.07, 6.45) is 0. The molecule has 3 heteroatoms. The van der Waals surface area contributed by atoms with E-state index in [1.54, 1.807) is 0 Å². The van der Waals surface area contributed by atoms with E-state index < -0.39 is 0 Å². The molecule has 0 amide bonds. The molecule has 0 fully saturated rings. The highest BCUT2D eigenvalue weighted by molar-refractivity contribution is 7.99. The summed E-state index contributed by atoms with van der Waals surface area (Å²) in [4.78, 5) is 4.36. The molecule has 14 heavy (non-hydrogen) atoms. The van der Waals surface area contributed by atoms with Gasteiger partial charge in [-0.1, -0.05) is 30.3 Å². The van der Waals surface area contributed by atoms with Crippen molar-refractivity contribution >= 4 is 17.7 Å². The molecule has 74 valence electrons. The summed E-state index contributed by atoms with van der Waals surface area (Å²) >= 11 is 1.83. The lowest BCUT2D eigenvalue weighted by Crippen LogP contribution is -2.00. The topological polar surface area (TPSA) is 21.6 Å². The Morgan fingerprint density at radius 1 is 1.43 bits per heavy atom. The first kappa shape index (κ1) is 9.59. The molecule has 2 nitrogen and oxygen atoms in total. The van der Waals surface area contributed by atoms with E-state index in [9.17, 15) is 0 Å². The highest BCUT2D eigenvalue weighted by Crippen LogP contribution is 2.22. The maximum absolute atomic E-state index is 5.28. The van der Waals surface area contributed by atoms with Gasteiger partial charge >= 0.3 is 0 Å². The Morgan fingerprint density at radius 2 is 2.21 bits per heavy atom. The Morgan fingerprint density at radius 3 is 2.86 bits per heavy atom. The van der Waals surface area contributed by atoms with Crippen LogP contribution in [0.1, 0.15) is 12.5 Å². The van der Waals surface area contributed by atoms with Crippen molar-refractivity contribution in [1.82, 2.24) is 0 Å². The van der Waals surface area contributed by atoms with Crippen LogP contribution >= 0.6 is 11.8 Å². The smallest absolute Gasteiger partial charge is 0.181 e. The van der Waals surface area contributed by atoms with Crippen molar-refractivity contribution in [3.63, 3.8) is 0 Å². The largest absolute Gasteiger partial charge is 0.478 e. The molecule has 2 rings (SSSR count). The van der Waals surface area contributed by atoms with Gasteiger partial charge in [0.2, 0.25) is 0 Å². The van der Waals surface area contributed by atoms with Crippen LogP contribution in [-0.2, 0) is 10.5 Å². The van der Waals surface area contributed by atoms with Crippen molar-refractivity contribution in [3.8, 4) is 0 Å². The van der Waals surface area contributed by atoms with Gasteiger partial charge in [-0.25, -0.2) is 4.99 Å². The van der Waals surface area contributed by atoms with Crippen LogP contribution in [0.5, 0.6) is 0 Å². The van der Waals surface area contributed by atoms with E-state index >= 15 is 0 Å². The minimum Gasteiger partial charge on any atom is -0.478 e. The van der Waals surface area contributed by atoms with E-state index in [-0.39, 0.29) is 5.37 Å². The lowest BCUT2D eigenvalue weighted by molar-refractivity contribution is 0.338. The number of ether oxygens (including phenoxy) is 1. The third kappa shape index (κ3) is 2.51. The summed E-state index contributed by atoms with van der Waals surface area (Å²) in [5, 5.41) is 0.287. The highest BCUT2D eigenvalue weighted by Gasteiger charge is 2.15. The monoisotopic (exact) mass is 207 g/mol. The molecule has 0 aliphatic carbocycles. The van der Waals surface area contributed by atoms with Gasteiger partial charge in [-0.15, -0.1) is 11.8 Å². The number of rotatable bonds is 3. The summed E-state index contributed by atoms with van der Waals surface area (Å²) in [5.41, 5.74) is 1.34. The molecule has 0 spiro atoms. The van der Waals surface area contributed by atoms with Crippen LogP contribution in [0.4, 0.5) is 0 Å².